The molecule has 1 aliphatic heterocycles. The predicted octanol–water partition coefficient (Wildman–Crippen LogP) is 6.10. The van der Waals surface area contributed by atoms with Crippen LogP contribution >= 0.6 is 27.7 Å². The highest BCUT2D eigenvalue weighted by atomic mass is 79.9. The van der Waals surface area contributed by atoms with Gasteiger partial charge in [-0.15, -0.1) is 0 Å². The SMILES string of the molecule is CCOc1ccc(NC(=O)CN2C(=O)S/C(=C/c3cc(Br)c(O[C@H](C)CC)c(OCC)c3)C2=O)cc1. The zero-order chi connectivity index (χ0) is 26.2. The van der Waals surface area contributed by atoms with Gasteiger partial charge in [-0.1, -0.05) is 6.92 Å². The molecule has 1 heterocycles. The van der Waals surface area contributed by atoms with Crippen LogP contribution in [0.25, 0.3) is 6.08 Å². The third-order valence-corrected chi connectivity index (χ3v) is 6.64. The number of halogens is 1. The number of rotatable bonds is 11. The van der Waals surface area contributed by atoms with Crippen molar-refractivity contribution in [3.8, 4) is 17.2 Å². The van der Waals surface area contributed by atoms with Crippen molar-refractivity contribution < 1.29 is 28.6 Å². The molecule has 0 radical (unpaired) electrons. The molecule has 1 atom stereocenters. The second kappa shape index (κ2) is 12.8. The molecule has 192 valence electrons. The normalized spacial score (nSPS) is 15.2. The first-order valence-corrected chi connectivity index (χ1v) is 13.3. The number of nitrogens with one attached hydrogen (secondary N) is 1. The predicted molar refractivity (Wildman–Crippen MR) is 145 cm³/mol. The number of nitrogens with zero attached hydrogens (tertiary/aromatic N) is 1. The number of hydrogen-bond donors (Lipinski definition) is 1. The van der Waals surface area contributed by atoms with Crippen molar-refractivity contribution in [1.82, 2.24) is 4.90 Å². The van der Waals surface area contributed by atoms with Gasteiger partial charge in [0.1, 0.15) is 12.3 Å². The van der Waals surface area contributed by atoms with Crippen molar-refractivity contribution in [2.24, 2.45) is 0 Å². The molecule has 1 saturated heterocycles. The zero-order valence-electron chi connectivity index (χ0n) is 20.6. The highest BCUT2D eigenvalue weighted by Crippen LogP contribution is 2.40. The number of amides is 3. The molecule has 2 aromatic rings. The van der Waals surface area contributed by atoms with Gasteiger partial charge in [0.2, 0.25) is 5.91 Å². The number of anilines is 1. The van der Waals surface area contributed by atoms with Crippen molar-refractivity contribution in [2.75, 3.05) is 25.1 Å². The molecule has 1 fully saturated rings. The first kappa shape index (κ1) is 27.6. The molecular formula is C26H29BrN2O6S. The molecule has 1 aliphatic rings. The quantitative estimate of drug-likeness (QED) is 0.323. The summed E-state index contributed by atoms with van der Waals surface area (Å²) in [6.45, 7) is 8.35. The fourth-order valence-corrected chi connectivity index (χ4v) is 4.66. The van der Waals surface area contributed by atoms with Gasteiger partial charge in [0.15, 0.2) is 11.5 Å². The maximum Gasteiger partial charge on any atom is 0.294 e. The van der Waals surface area contributed by atoms with Gasteiger partial charge in [-0.05, 0) is 103 Å². The second-order valence-electron chi connectivity index (χ2n) is 7.87. The Bertz CT molecular complexity index is 1150. The van der Waals surface area contributed by atoms with Crippen LogP contribution in [0.15, 0.2) is 45.8 Å². The van der Waals surface area contributed by atoms with Crippen LogP contribution in [0.4, 0.5) is 10.5 Å². The molecule has 8 nitrogen and oxygen atoms in total. The van der Waals surface area contributed by atoms with Crippen LogP contribution in [0.5, 0.6) is 17.2 Å². The fraction of sp³-hybridized carbons (Fsp3) is 0.346. The number of benzene rings is 2. The largest absolute Gasteiger partial charge is 0.494 e. The minimum absolute atomic E-state index is 0.00314. The van der Waals surface area contributed by atoms with Crippen LogP contribution in [-0.4, -0.2) is 47.8 Å². The summed E-state index contributed by atoms with van der Waals surface area (Å²) in [7, 11) is 0. The lowest BCUT2D eigenvalue weighted by Crippen LogP contribution is -2.36. The third kappa shape index (κ3) is 7.04. The van der Waals surface area contributed by atoms with Gasteiger partial charge in [-0.25, -0.2) is 0 Å². The summed E-state index contributed by atoms with van der Waals surface area (Å²) in [4.78, 5) is 39.1. The van der Waals surface area contributed by atoms with Crippen LogP contribution in [0.1, 0.15) is 39.7 Å². The first-order valence-electron chi connectivity index (χ1n) is 11.7. The van der Waals surface area contributed by atoms with Gasteiger partial charge in [-0.2, -0.15) is 0 Å². The van der Waals surface area contributed by atoms with E-state index in [0.29, 0.717) is 46.2 Å². The molecule has 3 rings (SSSR count). The van der Waals surface area contributed by atoms with Gasteiger partial charge < -0.3 is 19.5 Å². The second-order valence-corrected chi connectivity index (χ2v) is 9.72. The Hall–Kier alpha value is -2.98. The topological polar surface area (TPSA) is 94.2 Å². The Morgan fingerprint density at radius 2 is 1.81 bits per heavy atom. The lowest BCUT2D eigenvalue weighted by atomic mass is 10.1. The maximum absolute atomic E-state index is 12.9. The Kier molecular flexibility index (Phi) is 9.83. The summed E-state index contributed by atoms with van der Waals surface area (Å²) in [5.74, 6) is 0.802. The van der Waals surface area contributed by atoms with Crippen LogP contribution < -0.4 is 19.5 Å². The summed E-state index contributed by atoms with van der Waals surface area (Å²) in [5.41, 5.74) is 1.20. The van der Waals surface area contributed by atoms with Crippen molar-refractivity contribution in [1.29, 1.82) is 0 Å². The van der Waals surface area contributed by atoms with E-state index in [1.165, 1.54) is 0 Å². The van der Waals surface area contributed by atoms with Crippen molar-refractivity contribution in [2.45, 2.75) is 40.2 Å². The van der Waals surface area contributed by atoms with Crippen LogP contribution in [-0.2, 0) is 9.59 Å². The Labute approximate surface area is 223 Å². The van der Waals surface area contributed by atoms with E-state index in [9.17, 15) is 14.4 Å². The monoisotopic (exact) mass is 576 g/mol. The van der Waals surface area contributed by atoms with E-state index in [0.717, 1.165) is 23.1 Å². The molecule has 36 heavy (non-hydrogen) atoms. The lowest BCUT2D eigenvalue weighted by Gasteiger charge is -2.18. The highest BCUT2D eigenvalue weighted by Gasteiger charge is 2.36. The van der Waals surface area contributed by atoms with Crippen molar-refractivity contribution in [3.63, 3.8) is 0 Å². The van der Waals surface area contributed by atoms with Gasteiger partial charge >= 0.3 is 0 Å². The minimum atomic E-state index is -0.527. The summed E-state index contributed by atoms with van der Waals surface area (Å²) < 4.78 is 17.8. The van der Waals surface area contributed by atoms with E-state index in [4.69, 9.17) is 14.2 Å². The number of hydrogen-bond acceptors (Lipinski definition) is 7. The van der Waals surface area contributed by atoms with Gasteiger partial charge in [0, 0.05) is 5.69 Å². The molecule has 0 saturated carbocycles. The van der Waals surface area contributed by atoms with Gasteiger partial charge in [0.25, 0.3) is 11.1 Å². The average molecular weight is 577 g/mol. The smallest absolute Gasteiger partial charge is 0.294 e. The maximum atomic E-state index is 12.9. The standard InChI is InChI=1S/C26H29BrN2O6S/c1-5-16(4)35-24-20(27)12-17(13-21(24)34-7-3)14-22-25(31)29(26(32)36-22)15-23(30)28-18-8-10-19(11-9-18)33-6-2/h8-14,16H,5-7,15H2,1-4H3,(H,28,30)/b22-14+/t16-/m1/s1. The molecule has 0 aromatic heterocycles. The molecule has 0 bridgehead atoms. The highest BCUT2D eigenvalue weighted by molar-refractivity contribution is 9.10. The zero-order valence-corrected chi connectivity index (χ0v) is 23.0. The molecule has 3 amide bonds. The van der Waals surface area contributed by atoms with Crippen molar-refractivity contribution in [3.05, 3.63) is 51.3 Å². The van der Waals surface area contributed by atoms with E-state index in [1.807, 2.05) is 27.7 Å². The average Bonchev–Trinajstić information content (AvgIpc) is 3.10. The molecule has 10 heteroatoms. The number of carbonyl (C=O) groups is 3. The number of carbonyl (C=O) groups excluding carboxylic acids is 3. The number of thioether (sulfide) groups is 1. The first-order chi connectivity index (χ1) is 17.2. The van der Waals surface area contributed by atoms with Crippen LogP contribution in [0.2, 0.25) is 0 Å². The lowest BCUT2D eigenvalue weighted by molar-refractivity contribution is -0.127. The van der Waals surface area contributed by atoms with Crippen molar-refractivity contribution >= 4 is 56.5 Å². The Balaban J connectivity index is 1.73. The van der Waals surface area contributed by atoms with E-state index in [1.54, 1.807) is 42.5 Å². The summed E-state index contributed by atoms with van der Waals surface area (Å²) in [6, 6.07) is 10.4. The molecule has 0 aliphatic carbocycles. The van der Waals surface area contributed by atoms with Crippen LogP contribution in [0.3, 0.4) is 0 Å². The van der Waals surface area contributed by atoms with Gasteiger partial charge in [0.05, 0.1) is 28.7 Å². The van der Waals surface area contributed by atoms with Crippen LogP contribution in [0, 0.1) is 0 Å². The molecule has 1 N–H and O–H groups in total. The number of imide groups is 1. The van der Waals surface area contributed by atoms with Gasteiger partial charge in [-0.3, -0.25) is 19.3 Å². The Morgan fingerprint density at radius 3 is 2.44 bits per heavy atom. The summed E-state index contributed by atoms with van der Waals surface area (Å²) in [5, 5.41) is 2.19. The summed E-state index contributed by atoms with van der Waals surface area (Å²) in [6.07, 6.45) is 2.44. The third-order valence-electron chi connectivity index (χ3n) is 5.15. The molecule has 0 unspecified atom stereocenters. The Morgan fingerprint density at radius 1 is 1.11 bits per heavy atom. The fourth-order valence-electron chi connectivity index (χ4n) is 3.27. The molecule has 2 aromatic carbocycles. The minimum Gasteiger partial charge on any atom is -0.494 e. The molecule has 0 spiro atoms. The van der Waals surface area contributed by atoms with E-state index < -0.39 is 17.1 Å². The number of ether oxygens (including phenoxy) is 3. The summed E-state index contributed by atoms with van der Waals surface area (Å²) >= 11 is 4.32. The van der Waals surface area contributed by atoms with E-state index >= 15 is 0 Å². The molecular weight excluding hydrogens is 548 g/mol. The van der Waals surface area contributed by atoms with E-state index in [2.05, 4.69) is 21.2 Å². The van der Waals surface area contributed by atoms with E-state index in [-0.39, 0.29) is 17.6 Å².